The van der Waals surface area contributed by atoms with Crippen LogP contribution in [0.5, 0.6) is 0 Å². The number of likely N-dealkylation sites (tertiary alicyclic amines) is 1. The van der Waals surface area contributed by atoms with Gasteiger partial charge in [0.2, 0.25) is 5.91 Å². The number of ether oxygens (including phenoxy) is 1. The van der Waals surface area contributed by atoms with Crippen molar-refractivity contribution in [3.63, 3.8) is 0 Å². The largest absolute Gasteiger partial charge is 0.361 e. The number of likely N-dealkylation sites (N-methyl/N-ethyl adjacent to an activating group) is 1. The SMILES string of the molecule is CN(C)CCN1C[C@@H](c2ccccc2)[C@@]2(CN(C(=O)Cc3ccccn3)CCO2)C1=O. The molecule has 1 aromatic carbocycles. The number of pyridine rings is 1. The monoisotopic (exact) mass is 422 g/mol. The van der Waals surface area contributed by atoms with Crippen LogP contribution in [0.3, 0.4) is 0 Å². The lowest BCUT2D eigenvalue weighted by atomic mass is 9.83. The molecule has 3 heterocycles. The van der Waals surface area contributed by atoms with Gasteiger partial charge in [-0.15, -0.1) is 0 Å². The highest BCUT2D eigenvalue weighted by Gasteiger charge is 2.58. The maximum Gasteiger partial charge on any atom is 0.257 e. The summed E-state index contributed by atoms with van der Waals surface area (Å²) >= 11 is 0. The van der Waals surface area contributed by atoms with Gasteiger partial charge in [-0.3, -0.25) is 14.6 Å². The molecule has 0 N–H and O–H groups in total. The van der Waals surface area contributed by atoms with Crippen LogP contribution in [0.15, 0.2) is 54.7 Å². The fraction of sp³-hybridized carbons (Fsp3) is 0.458. The van der Waals surface area contributed by atoms with Crippen LogP contribution >= 0.6 is 0 Å². The molecule has 164 valence electrons. The maximum absolute atomic E-state index is 13.6. The van der Waals surface area contributed by atoms with Crippen molar-refractivity contribution in [1.82, 2.24) is 19.7 Å². The van der Waals surface area contributed by atoms with Gasteiger partial charge in [-0.25, -0.2) is 0 Å². The van der Waals surface area contributed by atoms with Crippen molar-refractivity contribution in [3.05, 3.63) is 66.0 Å². The number of morpholine rings is 1. The molecule has 2 saturated heterocycles. The van der Waals surface area contributed by atoms with Crippen LogP contribution in [0.4, 0.5) is 0 Å². The minimum atomic E-state index is -1.04. The molecule has 7 nitrogen and oxygen atoms in total. The summed E-state index contributed by atoms with van der Waals surface area (Å²) in [5.41, 5.74) is 0.770. The Morgan fingerprint density at radius 3 is 2.68 bits per heavy atom. The molecule has 2 aromatic rings. The van der Waals surface area contributed by atoms with Crippen molar-refractivity contribution in [2.75, 3.05) is 53.4 Å². The summed E-state index contributed by atoms with van der Waals surface area (Å²) in [6.07, 6.45) is 1.92. The zero-order valence-electron chi connectivity index (χ0n) is 18.2. The Bertz CT molecular complexity index is 906. The van der Waals surface area contributed by atoms with Gasteiger partial charge in [0.15, 0.2) is 5.60 Å². The second kappa shape index (κ2) is 9.16. The van der Waals surface area contributed by atoms with E-state index in [0.29, 0.717) is 26.2 Å². The molecule has 1 spiro atoms. The summed E-state index contributed by atoms with van der Waals surface area (Å²) in [5, 5.41) is 0. The van der Waals surface area contributed by atoms with Crippen LogP contribution in [-0.2, 0) is 20.7 Å². The summed E-state index contributed by atoms with van der Waals surface area (Å²) in [7, 11) is 4.00. The Morgan fingerprint density at radius 2 is 1.97 bits per heavy atom. The molecule has 2 aliphatic rings. The third kappa shape index (κ3) is 4.48. The zero-order valence-corrected chi connectivity index (χ0v) is 18.2. The summed E-state index contributed by atoms with van der Waals surface area (Å²) in [6.45, 7) is 3.13. The fourth-order valence-corrected chi connectivity index (χ4v) is 4.51. The van der Waals surface area contributed by atoms with E-state index in [4.69, 9.17) is 4.74 Å². The maximum atomic E-state index is 13.6. The van der Waals surface area contributed by atoms with Crippen LogP contribution in [-0.4, -0.2) is 90.5 Å². The van der Waals surface area contributed by atoms with Gasteiger partial charge in [0, 0.05) is 44.0 Å². The van der Waals surface area contributed by atoms with Crippen LogP contribution in [0.2, 0.25) is 0 Å². The number of amides is 2. The average Bonchev–Trinajstić information content (AvgIpc) is 3.05. The second-order valence-corrected chi connectivity index (χ2v) is 8.57. The summed E-state index contributed by atoms with van der Waals surface area (Å²) < 4.78 is 6.26. The van der Waals surface area contributed by atoms with E-state index in [0.717, 1.165) is 17.8 Å². The molecule has 0 bridgehead atoms. The van der Waals surface area contributed by atoms with Crippen LogP contribution in [0, 0.1) is 0 Å². The highest BCUT2D eigenvalue weighted by atomic mass is 16.5. The molecule has 0 radical (unpaired) electrons. The molecule has 2 aliphatic heterocycles. The first-order valence-corrected chi connectivity index (χ1v) is 10.8. The lowest BCUT2D eigenvalue weighted by Crippen LogP contribution is -2.59. The van der Waals surface area contributed by atoms with Gasteiger partial charge in [0.1, 0.15) is 0 Å². The first kappa shape index (κ1) is 21.5. The van der Waals surface area contributed by atoms with Crippen LogP contribution in [0.1, 0.15) is 17.2 Å². The molecule has 7 heteroatoms. The van der Waals surface area contributed by atoms with Crippen molar-refractivity contribution in [2.24, 2.45) is 0 Å². The van der Waals surface area contributed by atoms with Crippen molar-refractivity contribution >= 4 is 11.8 Å². The number of carbonyl (C=O) groups excluding carboxylic acids is 2. The van der Waals surface area contributed by atoms with E-state index in [2.05, 4.69) is 9.88 Å². The number of hydrogen-bond acceptors (Lipinski definition) is 5. The van der Waals surface area contributed by atoms with E-state index >= 15 is 0 Å². The van der Waals surface area contributed by atoms with Gasteiger partial charge in [-0.05, 0) is 31.8 Å². The Morgan fingerprint density at radius 1 is 1.19 bits per heavy atom. The summed E-state index contributed by atoms with van der Waals surface area (Å²) in [4.78, 5) is 36.7. The van der Waals surface area contributed by atoms with Crippen molar-refractivity contribution in [2.45, 2.75) is 17.9 Å². The number of nitrogens with zero attached hydrogens (tertiary/aromatic N) is 4. The number of rotatable bonds is 6. The molecule has 0 saturated carbocycles. The number of carbonyl (C=O) groups is 2. The highest BCUT2D eigenvalue weighted by Crippen LogP contribution is 2.42. The van der Waals surface area contributed by atoms with E-state index < -0.39 is 5.60 Å². The lowest BCUT2D eigenvalue weighted by Gasteiger charge is -2.42. The molecule has 2 amide bonds. The molecular formula is C24H30N4O3. The summed E-state index contributed by atoms with van der Waals surface area (Å²) in [6, 6.07) is 15.6. The van der Waals surface area contributed by atoms with Gasteiger partial charge in [0.05, 0.1) is 19.6 Å². The predicted molar refractivity (Wildman–Crippen MR) is 118 cm³/mol. The van der Waals surface area contributed by atoms with E-state index in [-0.39, 0.29) is 30.7 Å². The minimum Gasteiger partial charge on any atom is -0.361 e. The van der Waals surface area contributed by atoms with Crippen LogP contribution < -0.4 is 0 Å². The fourth-order valence-electron chi connectivity index (χ4n) is 4.51. The third-order valence-electron chi connectivity index (χ3n) is 6.19. The normalized spacial score (nSPS) is 23.7. The van der Waals surface area contributed by atoms with Gasteiger partial charge in [0.25, 0.3) is 5.91 Å². The Kier molecular flexibility index (Phi) is 6.34. The molecule has 4 rings (SSSR count). The number of aromatic nitrogens is 1. The average molecular weight is 423 g/mol. The molecule has 0 unspecified atom stereocenters. The summed E-state index contributed by atoms with van der Waals surface area (Å²) in [5.74, 6) is -0.153. The molecule has 2 atom stereocenters. The molecule has 0 aliphatic carbocycles. The molecule has 1 aromatic heterocycles. The van der Waals surface area contributed by atoms with E-state index in [1.54, 1.807) is 11.1 Å². The lowest BCUT2D eigenvalue weighted by molar-refractivity contribution is -0.167. The van der Waals surface area contributed by atoms with Gasteiger partial charge >= 0.3 is 0 Å². The van der Waals surface area contributed by atoms with E-state index in [1.165, 1.54) is 0 Å². The van der Waals surface area contributed by atoms with E-state index in [1.807, 2.05) is 67.5 Å². The third-order valence-corrected chi connectivity index (χ3v) is 6.19. The minimum absolute atomic E-state index is 0.0152. The molecular weight excluding hydrogens is 392 g/mol. The van der Waals surface area contributed by atoms with Crippen molar-refractivity contribution in [3.8, 4) is 0 Å². The quantitative estimate of drug-likeness (QED) is 0.704. The second-order valence-electron chi connectivity index (χ2n) is 8.57. The highest BCUT2D eigenvalue weighted by molar-refractivity contribution is 5.91. The predicted octanol–water partition coefficient (Wildman–Crippen LogP) is 1.41. The molecule has 31 heavy (non-hydrogen) atoms. The van der Waals surface area contributed by atoms with Crippen molar-refractivity contribution < 1.29 is 14.3 Å². The Labute approximate surface area is 183 Å². The number of benzene rings is 1. The van der Waals surface area contributed by atoms with Gasteiger partial charge in [-0.1, -0.05) is 36.4 Å². The smallest absolute Gasteiger partial charge is 0.257 e. The first-order valence-electron chi connectivity index (χ1n) is 10.8. The Hall–Kier alpha value is -2.77. The van der Waals surface area contributed by atoms with Gasteiger partial charge in [-0.2, -0.15) is 0 Å². The number of hydrogen-bond donors (Lipinski definition) is 0. The standard InChI is InChI=1S/C24H30N4O3/c1-26(2)12-13-27-17-21(19-8-4-3-5-9-19)24(23(27)30)18-28(14-15-31-24)22(29)16-20-10-6-7-11-25-20/h3-11,21H,12-18H2,1-2H3/t21-,24-/m0/s1. The van der Waals surface area contributed by atoms with Crippen LogP contribution in [0.25, 0.3) is 0 Å². The molecule has 2 fully saturated rings. The zero-order chi connectivity index (χ0) is 21.8. The van der Waals surface area contributed by atoms with E-state index in [9.17, 15) is 9.59 Å². The van der Waals surface area contributed by atoms with Gasteiger partial charge < -0.3 is 19.4 Å². The topological polar surface area (TPSA) is 66.0 Å². The Balaban J connectivity index is 1.59. The van der Waals surface area contributed by atoms with Crippen molar-refractivity contribution in [1.29, 1.82) is 0 Å². The first-order chi connectivity index (χ1) is 15.0.